The maximum Gasteiger partial charge on any atom is 0.472 e. The molecule has 3 N–H and O–H groups in total. The van der Waals surface area contributed by atoms with Crippen molar-refractivity contribution in [3.8, 4) is 0 Å². The second-order valence-corrected chi connectivity index (χ2v) is 20.6. The smallest absolute Gasteiger partial charge is 0.462 e. The van der Waals surface area contributed by atoms with E-state index in [2.05, 4.69) is 50.3 Å². The van der Waals surface area contributed by atoms with Crippen LogP contribution in [-0.4, -0.2) is 49.3 Å². The normalized spacial score (nSPS) is 13.3. The molecule has 2 atom stereocenters. The van der Waals surface area contributed by atoms with E-state index in [-0.39, 0.29) is 38.6 Å². The quantitative estimate of drug-likeness (QED) is 0.0264. The van der Waals surface area contributed by atoms with Crippen LogP contribution in [0.1, 0.15) is 284 Å². The summed E-state index contributed by atoms with van der Waals surface area (Å²) in [6, 6.07) is 0. The van der Waals surface area contributed by atoms with E-state index >= 15 is 0 Å². The fraction of sp³-hybridized carbons (Fsp3) is 0.860. The zero-order valence-corrected chi connectivity index (χ0v) is 44.8. The van der Waals surface area contributed by atoms with Gasteiger partial charge in [0, 0.05) is 19.4 Å². The largest absolute Gasteiger partial charge is 0.472 e. The van der Waals surface area contributed by atoms with Gasteiger partial charge in [0.25, 0.3) is 0 Å². The van der Waals surface area contributed by atoms with E-state index in [1.165, 1.54) is 199 Å². The number of esters is 2. The first-order chi connectivity index (χ1) is 32.8. The number of carbonyl (C=O) groups excluding carboxylic acids is 2. The summed E-state index contributed by atoms with van der Waals surface area (Å²) in [5.41, 5.74) is 5.38. The Kier molecular flexibility index (Phi) is 52.2. The predicted octanol–water partition coefficient (Wildman–Crippen LogP) is 17.6. The van der Waals surface area contributed by atoms with Crippen LogP contribution in [-0.2, 0) is 32.7 Å². The lowest BCUT2D eigenvalue weighted by Gasteiger charge is -2.19. The number of allylic oxidation sites excluding steroid dienone is 6. The molecule has 0 aromatic carbocycles. The molecular weight excluding hydrogens is 858 g/mol. The maximum absolute atomic E-state index is 12.7. The number of nitrogens with two attached hydrogens (primary N) is 1. The fourth-order valence-electron chi connectivity index (χ4n) is 8.25. The monoisotopic (exact) mass is 966 g/mol. The molecule has 0 saturated carbocycles. The molecule has 0 saturated heterocycles. The van der Waals surface area contributed by atoms with Crippen LogP contribution in [0.2, 0.25) is 0 Å². The van der Waals surface area contributed by atoms with Crippen molar-refractivity contribution in [3.05, 3.63) is 36.5 Å². The van der Waals surface area contributed by atoms with Gasteiger partial charge in [-0.1, -0.05) is 237 Å². The molecule has 0 amide bonds. The Bertz CT molecular complexity index is 1190. The molecule has 10 heteroatoms. The molecule has 394 valence electrons. The minimum atomic E-state index is -4.38. The first-order valence-electron chi connectivity index (χ1n) is 28.5. The number of rotatable bonds is 54. The molecule has 0 spiro atoms. The molecule has 0 radical (unpaired) electrons. The Morgan fingerprint density at radius 2 is 0.776 bits per heavy atom. The summed E-state index contributed by atoms with van der Waals surface area (Å²) in [6.45, 7) is 3.76. The Hall–Kier alpha value is -1.77. The van der Waals surface area contributed by atoms with Gasteiger partial charge in [-0.15, -0.1) is 0 Å². The lowest BCUT2D eigenvalue weighted by Crippen LogP contribution is -2.29. The van der Waals surface area contributed by atoms with Crippen molar-refractivity contribution >= 4 is 19.8 Å². The summed E-state index contributed by atoms with van der Waals surface area (Å²) < 4.78 is 33.0. The molecule has 9 nitrogen and oxygen atoms in total. The molecule has 0 fully saturated rings. The fourth-order valence-corrected chi connectivity index (χ4v) is 9.02. The highest BCUT2D eigenvalue weighted by molar-refractivity contribution is 7.47. The molecule has 0 aliphatic rings. The summed E-state index contributed by atoms with van der Waals surface area (Å²) in [7, 11) is -4.38. The third-order valence-electron chi connectivity index (χ3n) is 12.5. The van der Waals surface area contributed by atoms with Gasteiger partial charge in [-0.3, -0.25) is 18.6 Å². The number of carbonyl (C=O) groups is 2. The van der Waals surface area contributed by atoms with Crippen molar-refractivity contribution in [2.75, 3.05) is 26.4 Å². The van der Waals surface area contributed by atoms with Crippen LogP contribution in [0.5, 0.6) is 0 Å². The Morgan fingerprint density at radius 3 is 1.15 bits per heavy atom. The number of hydrogen-bond acceptors (Lipinski definition) is 8. The van der Waals surface area contributed by atoms with E-state index in [0.717, 1.165) is 51.4 Å². The molecule has 0 rings (SSSR count). The van der Waals surface area contributed by atoms with E-state index in [4.69, 9.17) is 24.3 Å². The highest BCUT2D eigenvalue weighted by atomic mass is 31.2. The van der Waals surface area contributed by atoms with Gasteiger partial charge in [-0.25, -0.2) is 4.57 Å². The summed E-state index contributed by atoms with van der Waals surface area (Å²) in [6.07, 6.45) is 63.4. The van der Waals surface area contributed by atoms with Crippen LogP contribution >= 0.6 is 7.82 Å². The summed E-state index contributed by atoms with van der Waals surface area (Å²) >= 11 is 0. The van der Waals surface area contributed by atoms with Crippen molar-refractivity contribution in [2.45, 2.75) is 290 Å². The molecule has 0 aromatic rings. The van der Waals surface area contributed by atoms with Gasteiger partial charge >= 0.3 is 19.8 Å². The first-order valence-corrected chi connectivity index (χ1v) is 30.0. The number of ether oxygens (including phenoxy) is 2. The Balaban J connectivity index is 3.92. The van der Waals surface area contributed by atoms with Gasteiger partial charge in [0.2, 0.25) is 0 Å². The molecule has 0 heterocycles. The molecular formula is C57H108NO8P. The predicted molar refractivity (Wildman–Crippen MR) is 284 cm³/mol. The van der Waals surface area contributed by atoms with Crippen molar-refractivity contribution in [3.63, 3.8) is 0 Å². The number of phosphoric ester groups is 1. The number of phosphoric acid groups is 1. The summed E-state index contributed by atoms with van der Waals surface area (Å²) in [4.78, 5) is 35.1. The van der Waals surface area contributed by atoms with Gasteiger partial charge in [-0.2, -0.15) is 0 Å². The van der Waals surface area contributed by atoms with Crippen molar-refractivity contribution in [1.29, 1.82) is 0 Å². The van der Waals surface area contributed by atoms with Gasteiger partial charge in [0.15, 0.2) is 6.10 Å². The standard InChI is InChI=1S/C57H108NO8P/c1-3-5-7-9-11-13-15-17-19-21-22-23-24-25-26-27-28-29-30-31-32-34-36-38-40-42-44-46-48-50-57(60)66-55(54-65-67(61,62)64-52-51-58)53-63-56(59)49-47-45-43-41-39-37-35-33-20-18-16-14-12-10-8-6-4-2/h15,17-18,20-22,55H,3-14,16,19,23-54,58H2,1-2H3,(H,61,62)/b17-15-,20-18-,22-21-. The van der Waals surface area contributed by atoms with E-state index in [1.807, 2.05) is 0 Å². The lowest BCUT2D eigenvalue weighted by molar-refractivity contribution is -0.161. The molecule has 0 bridgehead atoms. The van der Waals surface area contributed by atoms with Gasteiger partial charge in [-0.05, 0) is 70.6 Å². The van der Waals surface area contributed by atoms with Crippen LogP contribution in [0.4, 0.5) is 0 Å². The number of hydrogen-bond donors (Lipinski definition) is 2. The first kappa shape index (κ1) is 65.2. The van der Waals surface area contributed by atoms with E-state index in [1.54, 1.807) is 0 Å². The SMILES string of the molecule is CCCCCCC/C=C\C/C=C\CCCCCCCCCCCCCCCCCCCC(=O)OC(COC(=O)CCCCCCCCC/C=C\CCCCCCCC)COP(=O)(O)OCCN. The second kappa shape index (κ2) is 53.6. The van der Waals surface area contributed by atoms with Crippen LogP contribution in [0.25, 0.3) is 0 Å². The lowest BCUT2D eigenvalue weighted by atomic mass is 10.0. The molecule has 2 unspecified atom stereocenters. The average molecular weight is 966 g/mol. The average Bonchev–Trinajstić information content (AvgIpc) is 3.32. The number of unbranched alkanes of at least 4 members (excludes halogenated alkanes) is 35. The van der Waals surface area contributed by atoms with Gasteiger partial charge < -0.3 is 20.1 Å². The van der Waals surface area contributed by atoms with Crippen LogP contribution < -0.4 is 5.73 Å². The van der Waals surface area contributed by atoms with Crippen molar-refractivity contribution < 1.29 is 37.6 Å². The molecule has 67 heavy (non-hydrogen) atoms. The van der Waals surface area contributed by atoms with Gasteiger partial charge in [0.05, 0.1) is 13.2 Å². The van der Waals surface area contributed by atoms with E-state index in [0.29, 0.717) is 6.42 Å². The van der Waals surface area contributed by atoms with Gasteiger partial charge in [0.1, 0.15) is 6.61 Å². The summed E-state index contributed by atoms with van der Waals surface area (Å²) in [5, 5.41) is 0. The van der Waals surface area contributed by atoms with Crippen LogP contribution in [0.3, 0.4) is 0 Å². The van der Waals surface area contributed by atoms with Crippen LogP contribution in [0, 0.1) is 0 Å². The third-order valence-corrected chi connectivity index (χ3v) is 13.5. The van der Waals surface area contributed by atoms with Crippen molar-refractivity contribution in [2.24, 2.45) is 5.73 Å². The van der Waals surface area contributed by atoms with Crippen molar-refractivity contribution in [1.82, 2.24) is 0 Å². The topological polar surface area (TPSA) is 134 Å². The Labute approximate surface area is 414 Å². The molecule has 0 aliphatic heterocycles. The minimum Gasteiger partial charge on any atom is -0.462 e. The molecule has 0 aliphatic carbocycles. The van der Waals surface area contributed by atoms with E-state index in [9.17, 15) is 19.0 Å². The highest BCUT2D eigenvalue weighted by Crippen LogP contribution is 2.43. The van der Waals surface area contributed by atoms with E-state index < -0.39 is 26.5 Å². The maximum atomic E-state index is 12.7. The van der Waals surface area contributed by atoms with Crippen LogP contribution in [0.15, 0.2) is 36.5 Å². The molecule has 0 aromatic heterocycles. The Morgan fingerprint density at radius 1 is 0.448 bits per heavy atom. The third kappa shape index (κ3) is 53.4. The minimum absolute atomic E-state index is 0.0541. The highest BCUT2D eigenvalue weighted by Gasteiger charge is 2.26. The zero-order valence-electron chi connectivity index (χ0n) is 43.9. The zero-order chi connectivity index (χ0) is 48.8. The summed E-state index contributed by atoms with van der Waals surface area (Å²) in [5.74, 6) is -0.821. The second-order valence-electron chi connectivity index (χ2n) is 19.2.